The van der Waals surface area contributed by atoms with Gasteiger partial charge in [0, 0.05) is 56.4 Å². The molecule has 0 atom stereocenters. The van der Waals surface area contributed by atoms with Gasteiger partial charge in [0.05, 0.1) is 0 Å². The van der Waals surface area contributed by atoms with Crippen LogP contribution in [0.5, 0.6) is 0 Å². The minimum atomic E-state index is 0.225. The molecule has 2 heterocycles. The molecule has 1 aliphatic heterocycles. The van der Waals surface area contributed by atoms with Crippen molar-refractivity contribution in [3.05, 3.63) is 11.6 Å². The Labute approximate surface area is 114 Å². The van der Waals surface area contributed by atoms with Crippen LogP contribution < -0.4 is 10.2 Å². The van der Waals surface area contributed by atoms with Gasteiger partial charge in [0.2, 0.25) is 0 Å². The standard InChI is InChI=1S/C13H24N4S/c1-13(2,3)15-4-6-16-7-9-17(10-8-16)12-14-5-11-18-12/h5,11,15H,4,6-10H2,1-3H3. The van der Waals surface area contributed by atoms with Crippen molar-refractivity contribution in [2.75, 3.05) is 44.2 Å². The van der Waals surface area contributed by atoms with Crippen LogP contribution in [0.4, 0.5) is 5.13 Å². The molecule has 5 heteroatoms. The van der Waals surface area contributed by atoms with Gasteiger partial charge in [-0.15, -0.1) is 11.3 Å². The van der Waals surface area contributed by atoms with Gasteiger partial charge >= 0.3 is 0 Å². The maximum Gasteiger partial charge on any atom is 0.185 e. The zero-order chi connectivity index (χ0) is 13.0. The minimum absolute atomic E-state index is 0.225. The lowest BCUT2D eigenvalue weighted by Crippen LogP contribution is -2.49. The lowest BCUT2D eigenvalue weighted by Gasteiger charge is -2.35. The first-order chi connectivity index (χ1) is 8.54. The predicted octanol–water partition coefficient (Wildman–Crippen LogP) is 1.65. The Hall–Kier alpha value is -0.650. The number of rotatable bonds is 4. The zero-order valence-corrected chi connectivity index (χ0v) is 12.5. The van der Waals surface area contributed by atoms with Gasteiger partial charge in [0.1, 0.15) is 0 Å². The van der Waals surface area contributed by atoms with Gasteiger partial charge in [-0.2, -0.15) is 0 Å². The molecular weight excluding hydrogens is 244 g/mol. The van der Waals surface area contributed by atoms with E-state index in [2.05, 4.69) is 46.3 Å². The van der Waals surface area contributed by atoms with E-state index in [0.717, 1.165) is 39.3 Å². The fraction of sp³-hybridized carbons (Fsp3) is 0.769. The molecule has 0 amide bonds. The summed E-state index contributed by atoms with van der Waals surface area (Å²) in [5.74, 6) is 0. The molecule has 102 valence electrons. The van der Waals surface area contributed by atoms with Crippen molar-refractivity contribution in [3.8, 4) is 0 Å². The number of piperazine rings is 1. The third kappa shape index (κ3) is 4.23. The average Bonchev–Trinajstić information content (AvgIpc) is 2.82. The number of nitrogens with one attached hydrogen (secondary N) is 1. The smallest absolute Gasteiger partial charge is 0.185 e. The van der Waals surface area contributed by atoms with E-state index in [1.165, 1.54) is 5.13 Å². The fourth-order valence-corrected chi connectivity index (χ4v) is 2.82. The molecule has 0 aromatic carbocycles. The SMILES string of the molecule is CC(C)(C)NCCN1CCN(c2nccs2)CC1. The first-order valence-electron chi connectivity index (χ1n) is 6.66. The Morgan fingerprint density at radius 3 is 2.56 bits per heavy atom. The van der Waals surface area contributed by atoms with Crippen molar-refractivity contribution in [3.63, 3.8) is 0 Å². The van der Waals surface area contributed by atoms with Crippen LogP contribution in [0.1, 0.15) is 20.8 Å². The highest BCUT2D eigenvalue weighted by Crippen LogP contribution is 2.18. The van der Waals surface area contributed by atoms with Gasteiger partial charge in [-0.1, -0.05) is 0 Å². The van der Waals surface area contributed by atoms with Crippen molar-refractivity contribution >= 4 is 16.5 Å². The molecule has 0 aliphatic carbocycles. The van der Waals surface area contributed by atoms with Crippen molar-refractivity contribution in [1.82, 2.24) is 15.2 Å². The number of hydrogen-bond acceptors (Lipinski definition) is 5. The first-order valence-corrected chi connectivity index (χ1v) is 7.54. The maximum absolute atomic E-state index is 4.37. The molecule has 1 aromatic heterocycles. The molecule has 1 N–H and O–H groups in total. The van der Waals surface area contributed by atoms with Crippen molar-refractivity contribution < 1.29 is 0 Å². The van der Waals surface area contributed by atoms with Gasteiger partial charge in [0.15, 0.2) is 5.13 Å². The monoisotopic (exact) mass is 268 g/mol. The maximum atomic E-state index is 4.37. The molecule has 1 saturated heterocycles. The van der Waals surface area contributed by atoms with Crippen LogP contribution in [0.3, 0.4) is 0 Å². The topological polar surface area (TPSA) is 31.4 Å². The molecule has 0 unspecified atom stereocenters. The molecule has 0 saturated carbocycles. The van der Waals surface area contributed by atoms with E-state index in [4.69, 9.17) is 0 Å². The first kappa shape index (κ1) is 13.8. The normalized spacial score (nSPS) is 18.3. The van der Waals surface area contributed by atoms with Gasteiger partial charge < -0.3 is 10.2 Å². The fourth-order valence-electron chi connectivity index (χ4n) is 2.12. The highest BCUT2D eigenvalue weighted by molar-refractivity contribution is 7.13. The molecule has 1 fully saturated rings. The summed E-state index contributed by atoms with van der Waals surface area (Å²) in [6.45, 7) is 13.3. The van der Waals surface area contributed by atoms with Gasteiger partial charge in [-0.25, -0.2) is 4.98 Å². The molecule has 0 spiro atoms. The number of nitrogens with zero attached hydrogens (tertiary/aromatic N) is 3. The third-order valence-electron chi connectivity index (χ3n) is 3.15. The lowest BCUT2D eigenvalue weighted by molar-refractivity contribution is 0.247. The van der Waals surface area contributed by atoms with Crippen LogP contribution in [0, 0.1) is 0 Å². The third-order valence-corrected chi connectivity index (χ3v) is 3.98. The van der Waals surface area contributed by atoms with E-state index in [9.17, 15) is 0 Å². The molecule has 4 nitrogen and oxygen atoms in total. The van der Waals surface area contributed by atoms with E-state index in [-0.39, 0.29) is 5.54 Å². The molecular formula is C13H24N4S. The average molecular weight is 268 g/mol. The van der Waals surface area contributed by atoms with Crippen LogP contribution in [0.25, 0.3) is 0 Å². The summed E-state index contributed by atoms with van der Waals surface area (Å²) in [6, 6.07) is 0. The van der Waals surface area contributed by atoms with Crippen LogP contribution >= 0.6 is 11.3 Å². The lowest BCUT2D eigenvalue weighted by atomic mass is 10.1. The Kier molecular flexibility index (Phi) is 4.59. The molecule has 18 heavy (non-hydrogen) atoms. The summed E-state index contributed by atoms with van der Waals surface area (Å²) in [6.07, 6.45) is 1.89. The zero-order valence-electron chi connectivity index (χ0n) is 11.6. The molecule has 0 bridgehead atoms. The predicted molar refractivity (Wildman–Crippen MR) is 78.5 cm³/mol. The van der Waals surface area contributed by atoms with Crippen LogP contribution in [-0.4, -0.2) is 54.7 Å². The van der Waals surface area contributed by atoms with Crippen molar-refractivity contribution in [2.24, 2.45) is 0 Å². The largest absolute Gasteiger partial charge is 0.346 e. The van der Waals surface area contributed by atoms with Gasteiger partial charge in [-0.05, 0) is 20.8 Å². The van der Waals surface area contributed by atoms with E-state index in [1.54, 1.807) is 11.3 Å². The number of hydrogen-bond donors (Lipinski definition) is 1. The van der Waals surface area contributed by atoms with Gasteiger partial charge in [-0.3, -0.25) is 4.90 Å². The summed E-state index contributed by atoms with van der Waals surface area (Å²) >= 11 is 1.74. The highest BCUT2D eigenvalue weighted by Gasteiger charge is 2.18. The summed E-state index contributed by atoms with van der Waals surface area (Å²) in [7, 11) is 0. The molecule has 1 aliphatic rings. The summed E-state index contributed by atoms with van der Waals surface area (Å²) in [4.78, 5) is 9.29. The minimum Gasteiger partial charge on any atom is -0.346 e. The Balaban J connectivity index is 1.68. The van der Waals surface area contributed by atoms with E-state index in [1.807, 2.05) is 6.20 Å². The molecule has 2 rings (SSSR count). The van der Waals surface area contributed by atoms with E-state index < -0.39 is 0 Å². The second-order valence-corrected chi connectivity index (χ2v) is 6.69. The summed E-state index contributed by atoms with van der Waals surface area (Å²) in [5, 5.41) is 6.76. The van der Waals surface area contributed by atoms with Crippen molar-refractivity contribution in [1.29, 1.82) is 0 Å². The second kappa shape index (κ2) is 5.99. The number of thiazole rings is 1. The van der Waals surface area contributed by atoms with Crippen LogP contribution in [-0.2, 0) is 0 Å². The van der Waals surface area contributed by atoms with Crippen LogP contribution in [0.2, 0.25) is 0 Å². The van der Waals surface area contributed by atoms with E-state index in [0.29, 0.717) is 0 Å². The van der Waals surface area contributed by atoms with Crippen molar-refractivity contribution in [2.45, 2.75) is 26.3 Å². The number of aromatic nitrogens is 1. The quantitative estimate of drug-likeness (QED) is 0.900. The van der Waals surface area contributed by atoms with E-state index >= 15 is 0 Å². The molecule has 1 aromatic rings. The highest BCUT2D eigenvalue weighted by atomic mass is 32.1. The Bertz CT molecular complexity index is 336. The Morgan fingerprint density at radius 1 is 1.28 bits per heavy atom. The molecule has 0 radical (unpaired) electrons. The number of anilines is 1. The Morgan fingerprint density at radius 2 is 2.00 bits per heavy atom. The summed E-state index contributed by atoms with van der Waals surface area (Å²) in [5.41, 5.74) is 0.225. The van der Waals surface area contributed by atoms with Gasteiger partial charge in [0.25, 0.3) is 0 Å². The summed E-state index contributed by atoms with van der Waals surface area (Å²) < 4.78 is 0. The second-order valence-electron chi connectivity index (χ2n) is 5.82. The van der Waals surface area contributed by atoms with Crippen LogP contribution in [0.15, 0.2) is 11.6 Å².